The number of carbonyl (C=O) groups is 2. The molecule has 0 heterocycles. The second-order valence-electron chi connectivity index (χ2n) is 4.15. The molecule has 0 spiro atoms. The van der Waals surface area contributed by atoms with Gasteiger partial charge in [-0.25, -0.2) is 0 Å². The molecule has 0 aromatic carbocycles. The first-order valence-electron chi connectivity index (χ1n) is 5.90. The first kappa shape index (κ1) is 18.1. The van der Waals surface area contributed by atoms with Crippen LogP contribution in [0.4, 0.5) is 0 Å². The third-order valence-corrected chi connectivity index (χ3v) is 4.65. The van der Waals surface area contributed by atoms with E-state index in [1.54, 1.807) is 6.92 Å². The smallest absolute Gasteiger partial charge is 0.304 e. The second kappa shape index (κ2) is 8.30. The molecule has 0 aliphatic carbocycles. The molecule has 0 aromatic rings. The summed E-state index contributed by atoms with van der Waals surface area (Å²) in [6.45, 7) is 5.12. The highest BCUT2D eigenvalue weighted by molar-refractivity contribution is 7.59. The van der Waals surface area contributed by atoms with Gasteiger partial charge < -0.3 is 14.6 Å². The van der Waals surface area contributed by atoms with Crippen molar-refractivity contribution in [2.45, 2.75) is 40.1 Å². The van der Waals surface area contributed by atoms with Crippen molar-refractivity contribution >= 4 is 19.3 Å². The highest BCUT2D eigenvalue weighted by Gasteiger charge is 2.30. The van der Waals surface area contributed by atoms with E-state index in [1.807, 2.05) is 0 Å². The van der Waals surface area contributed by atoms with Crippen molar-refractivity contribution in [3.63, 3.8) is 0 Å². The quantitative estimate of drug-likeness (QED) is 0.407. The Balaban J connectivity index is 4.60. The summed E-state index contributed by atoms with van der Waals surface area (Å²) in [7, 11) is -3.25. The van der Waals surface area contributed by atoms with Crippen molar-refractivity contribution in [2.75, 3.05) is 18.9 Å². The van der Waals surface area contributed by atoms with E-state index in [9.17, 15) is 14.2 Å². The maximum Gasteiger partial charge on any atom is 0.304 e. The number of hydrogen-bond donors (Lipinski definition) is 1. The Morgan fingerprint density at radius 1 is 1.16 bits per heavy atom. The normalized spacial score (nSPS) is 17.1. The molecule has 0 aliphatic heterocycles. The summed E-state index contributed by atoms with van der Waals surface area (Å²) in [5.41, 5.74) is 0. The molecule has 0 fully saturated rings. The average molecular weight is 296 g/mol. The zero-order valence-corrected chi connectivity index (χ0v) is 12.5. The molecule has 0 rings (SSSR count). The summed E-state index contributed by atoms with van der Waals surface area (Å²) in [4.78, 5) is 21.5. The van der Waals surface area contributed by atoms with E-state index in [-0.39, 0.29) is 18.9 Å². The molecule has 112 valence electrons. The van der Waals surface area contributed by atoms with Gasteiger partial charge in [0.25, 0.3) is 0 Å². The predicted octanol–water partition coefficient (Wildman–Crippen LogP) is 1.13. The van der Waals surface area contributed by atoms with E-state index in [1.165, 1.54) is 20.8 Å². The number of hydrogen-bond acceptors (Lipinski definition) is 7. The van der Waals surface area contributed by atoms with Crippen LogP contribution in [0.25, 0.3) is 0 Å². The predicted molar refractivity (Wildman–Crippen MR) is 68.0 cm³/mol. The minimum Gasteiger partial charge on any atom is -0.462 e. The molecule has 0 bridgehead atoms. The van der Waals surface area contributed by atoms with Gasteiger partial charge in [-0.05, 0) is 13.8 Å². The molecule has 0 saturated carbocycles. The number of rotatable bonds is 8. The van der Waals surface area contributed by atoms with Crippen LogP contribution in [0.3, 0.4) is 0 Å². The van der Waals surface area contributed by atoms with Gasteiger partial charge >= 0.3 is 11.9 Å². The van der Waals surface area contributed by atoms with Gasteiger partial charge in [-0.15, -0.1) is 0 Å². The Kier molecular flexibility index (Phi) is 7.90. The van der Waals surface area contributed by atoms with Crippen LogP contribution in [0.1, 0.15) is 27.7 Å². The summed E-state index contributed by atoms with van der Waals surface area (Å²) in [5, 5.41) is 8.92. The lowest BCUT2D eigenvalue weighted by Crippen LogP contribution is -2.23. The molecular formula is C11H21O7P. The number of ether oxygens (including phenoxy) is 2. The number of aliphatic hydroxyl groups excluding tert-OH is 1. The third kappa shape index (κ3) is 8.75. The Morgan fingerprint density at radius 2 is 1.68 bits per heavy atom. The van der Waals surface area contributed by atoms with Crippen LogP contribution >= 0.6 is 7.37 Å². The highest BCUT2D eigenvalue weighted by Crippen LogP contribution is 2.48. The minimum absolute atomic E-state index is 0.0429. The van der Waals surface area contributed by atoms with Gasteiger partial charge in [-0.3, -0.25) is 18.7 Å². The monoisotopic (exact) mass is 296 g/mol. The zero-order chi connectivity index (χ0) is 15.1. The van der Waals surface area contributed by atoms with Crippen LogP contribution in [-0.4, -0.2) is 48.4 Å². The SMILES string of the molecule is CC(=O)OC(C)CP(=O)(CCO)OC(C)OC(C)=O. The van der Waals surface area contributed by atoms with Crippen LogP contribution in [0, 0.1) is 0 Å². The Labute approximate surface area is 112 Å². The molecule has 3 unspecified atom stereocenters. The van der Waals surface area contributed by atoms with E-state index in [4.69, 9.17) is 19.1 Å². The van der Waals surface area contributed by atoms with Gasteiger partial charge in [0.2, 0.25) is 13.7 Å². The van der Waals surface area contributed by atoms with Crippen molar-refractivity contribution in [3.8, 4) is 0 Å². The summed E-state index contributed by atoms with van der Waals surface area (Å²) < 4.78 is 27.2. The maximum absolute atomic E-state index is 12.4. The fraction of sp³-hybridized carbons (Fsp3) is 0.818. The molecule has 0 radical (unpaired) electrons. The second-order valence-corrected chi connectivity index (χ2v) is 6.80. The highest BCUT2D eigenvalue weighted by atomic mass is 31.2. The number of carbonyl (C=O) groups excluding carboxylic acids is 2. The first-order chi connectivity index (χ1) is 8.68. The van der Waals surface area contributed by atoms with Crippen molar-refractivity contribution in [2.24, 2.45) is 0 Å². The average Bonchev–Trinajstić information content (AvgIpc) is 2.12. The molecular weight excluding hydrogens is 275 g/mol. The standard InChI is InChI=1S/C11H21O7P/c1-8(16-9(2)13)7-19(15,6-5-12)18-11(4)17-10(3)14/h8,11-12H,5-7H2,1-4H3. The fourth-order valence-electron chi connectivity index (χ4n) is 1.58. The molecule has 0 aromatic heterocycles. The largest absolute Gasteiger partial charge is 0.462 e. The van der Waals surface area contributed by atoms with Crippen LogP contribution < -0.4 is 0 Å². The lowest BCUT2D eigenvalue weighted by molar-refractivity contribution is -0.158. The number of esters is 2. The lowest BCUT2D eigenvalue weighted by atomic mass is 10.5. The third-order valence-electron chi connectivity index (χ3n) is 2.02. The summed E-state index contributed by atoms with van der Waals surface area (Å²) >= 11 is 0. The fourth-order valence-corrected chi connectivity index (χ4v) is 3.70. The van der Waals surface area contributed by atoms with Gasteiger partial charge in [0.15, 0.2) is 0 Å². The summed E-state index contributed by atoms with van der Waals surface area (Å²) in [6, 6.07) is 0. The van der Waals surface area contributed by atoms with Gasteiger partial charge in [0, 0.05) is 20.0 Å². The minimum atomic E-state index is -3.25. The molecule has 8 heteroatoms. The molecule has 3 atom stereocenters. The van der Waals surface area contributed by atoms with Crippen LogP contribution in [0.15, 0.2) is 0 Å². The van der Waals surface area contributed by atoms with E-state index in [0.29, 0.717) is 0 Å². The topological polar surface area (TPSA) is 99.1 Å². The number of aliphatic hydroxyl groups is 1. The van der Waals surface area contributed by atoms with E-state index < -0.39 is 31.7 Å². The summed E-state index contributed by atoms with van der Waals surface area (Å²) in [6.07, 6.45) is -1.73. The van der Waals surface area contributed by atoms with Crippen molar-refractivity contribution in [1.82, 2.24) is 0 Å². The molecule has 0 aliphatic rings. The lowest BCUT2D eigenvalue weighted by Gasteiger charge is -2.24. The van der Waals surface area contributed by atoms with Crippen molar-refractivity contribution in [1.29, 1.82) is 0 Å². The van der Waals surface area contributed by atoms with Gasteiger partial charge in [0.1, 0.15) is 6.10 Å². The Morgan fingerprint density at radius 3 is 2.11 bits per heavy atom. The van der Waals surface area contributed by atoms with Gasteiger partial charge in [-0.2, -0.15) is 0 Å². The molecule has 7 nitrogen and oxygen atoms in total. The van der Waals surface area contributed by atoms with Crippen molar-refractivity contribution < 1.29 is 33.3 Å². The Hall–Kier alpha value is -0.910. The molecule has 19 heavy (non-hydrogen) atoms. The van der Waals surface area contributed by atoms with Crippen LogP contribution in [0.2, 0.25) is 0 Å². The molecule has 0 amide bonds. The molecule has 0 saturated heterocycles. The van der Waals surface area contributed by atoms with E-state index in [0.717, 1.165) is 0 Å². The van der Waals surface area contributed by atoms with Gasteiger partial charge in [0.05, 0.1) is 12.8 Å². The maximum atomic E-state index is 12.4. The first-order valence-corrected chi connectivity index (χ1v) is 7.90. The zero-order valence-electron chi connectivity index (χ0n) is 11.6. The van der Waals surface area contributed by atoms with E-state index in [2.05, 4.69) is 0 Å². The van der Waals surface area contributed by atoms with Crippen LogP contribution in [0.5, 0.6) is 0 Å². The van der Waals surface area contributed by atoms with Crippen LogP contribution in [-0.2, 0) is 28.2 Å². The molecule has 1 N–H and O–H groups in total. The summed E-state index contributed by atoms with van der Waals surface area (Å²) in [5.74, 6) is -1.05. The van der Waals surface area contributed by atoms with E-state index >= 15 is 0 Å². The Bertz CT molecular complexity index is 327. The van der Waals surface area contributed by atoms with Crippen molar-refractivity contribution in [3.05, 3.63) is 0 Å². The van der Waals surface area contributed by atoms with Gasteiger partial charge in [-0.1, -0.05) is 0 Å².